The molecular weight excluding hydrogens is 292 g/mol. The van der Waals surface area contributed by atoms with E-state index in [-0.39, 0.29) is 10.9 Å². The van der Waals surface area contributed by atoms with Crippen LogP contribution >= 0.6 is 11.3 Å². The van der Waals surface area contributed by atoms with E-state index in [9.17, 15) is 8.42 Å². The highest BCUT2D eigenvalue weighted by molar-refractivity contribution is 7.89. The molecule has 0 saturated heterocycles. The second-order valence-corrected chi connectivity index (χ2v) is 7.37. The number of rotatable bonds is 5. The van der Waals surface area contributed by atoms with E-state index < -0.39 is 10.0 Å². The number of sulfonamides is 1. The molecule has 0 bridgehead atoms. The van der Waals surface area contributed by atoms with Crippen LogP contribution in [-0.2, 0) is 16.4 Å². The van der Waals surface area contributed by atoms with Gasteiger partial charge in [0.05, 0.1) is 4.90 Å². The Morgan fingerprint density at radius 3 is 2.70 bits per heavy atom. The van der Waals surface area contributed by atoms with Crippen molar-refractivity contribution in [2.75, 3.05) is 5.73 Å². The van der Waals surface area contributed by atoms with Crippen molar-refractivity contribution >= 4 is 27.0 Å². The van der Waals surface area contributed by atoms with E-state index in [0.717, 1.165) is 11.1 Å². The molecule has 6 heteroatoms. The minimum atomic E-state index is -3.53. The van der Waals surface area contributed by atoms with Crippen LogP contribution in [0.15, 0.2) is 39.9 Å². The molecule has 1 aromatic heterocycles. The third kappa shape index (κ3) is 3.59. The standard InChI is InChI=1S/C14H18N2O2S2/c1-10-3-4-13(8-14(10)15)20(17,18)16-11(2)7-12-5-6-19-9-12/h3-6,8-9,11,16H,7,15H2,1-2H3. The van der Waals surface area contributed by atoms with Crippen molar-refractivity contribution < 1.29 is 8.42 Å². The Hall–Kier alpha value is -1.37. The molecule has 20 heavy (non-hydrogen) atoms. The quantitative estimate of drug-likeness (QED) is 0.834. The maximum absolute atomic E-state index is 12.3. The van der Waals surface area contributed by atoms with Crippen molar-refractivity contribution in [3.8, 4) is 0 Å². The van der Waals surface area contributed by atoms with Gasteiger partial charge in [0.15, 0.2) is 0 Å². The number of hydrogen-bond acceptors (Lipinski definition) is 4. The van der Waals surface area contributed by atoms with E-state index in [1.807, 2.05) is 30.7 Å². The molecule has 0 amide bonds. The van der Waals surface area contributed by atoms with Crippen molar-refractivity contribution in [3.63, 3.8) is 0 Å². The molecule has 0 aliphatic carbocycles. The first kappa shape index (κ1) is 15.0. The fourth-order valence-corrected chi connectivity index (χ4v) is 3.88. The Balaban J connectivity index is 2.12. The molecule has 1 atom stereocenters. The Labute approximate surface area is 123 Å². The summed E-state index contributed by atoms with van der Waals surface area (Å²) < 4.78 is 27.2. The molecule has 108 valence electrons. The van der Waals surface area contributed by atoms with E-state index in [1.165, 1.54) is 6.07 Å². The van der Waals surface area contributed by atoms with Crippen molar-refractivity contribution in [3.05, 3.63) is 46.2 Å². The largest absolute Gasteiger partial charge is 0.398 e. The molecule has 2 aromatic rings. The molecule has 1 aromatic carbocycles. The number of nitrogens with one attached hydrogen (secondary N) is 1. The van der Waals surface area contributed by atoms with Gasteiger partial charge in [-0.1, -0.05) is 6.07 Å². The maximum Gasteiger partial charge on any atom is 0.240 e. The monoisotopic (exact) mass is 310 g/mol. The Morgan fingerprint density at radius 2 is 2.10 bits per heavy atom. The normalized spacial score (nSPS) is 13.3. The van der Waals surface area contributed by atoms with Crippen LogP contribution in [0.25, 0.3) is 0 Å². The van der Waals surface area contributed by atoms with Crippen LogP contribution < -0.4 is 10.5 Å². The van der Waals surface area contributed by atoms with Gasteiger partial charge >= 0.3 is 0 Å². The number of anilines is 1. The van der Waals surface area contributed by atoms with Gasteiger partial charge in [0.25, 0.3) is 0 Å². The molecule has 0 spiro atoms. The van der Waals surface area contributed by atoms with Gasteiger partial charge in [-0.15, -0.1) is 0 Å². The molecule has 0 aliphatic heterocycles. The molecular formula is C14H18N2O2S2. The Bertz CT molecular complexity index is 679. The predicted octanol–water partition coefficient (Wildman–Crippen LogP) is 2.55. The van der Waals surface area contributed by atoms with Gasteiger partial charge in [0.2, 0.25) is 10.0 Å². The van der Waals surface area contributed by atoms with Gasteiger partial charge in [-0.2, -0.15) is 11.3 Å². The molecule has 2 rings (SSSR count). The molecule has 0 radical (unpaired) electrons. The van der Waals surface area contributed by atoms with Crippen LogP contribution in [0, 0.1) is 6.92 Å². The van der Waals surface area contributed by atoms with E-state index in [1.54, 1.807) is 23.5 Å². The van der Waals surface area contributed by atoms with Crippen LogP contribution in [0.3, 0.4) is 0 Å². The minimum Gasteiger partial charge on any atom is -0.398 e. The number of hydrogen-bond donors (Lipinski definition) is 2. The fraction of sp³-hybridized carbons (Fsp3) is 0.286. The summed E-state index contributed by atoms with van der Waals surface area (Å²) in [5.74, 6) is 0. The van der Waals surface area contributed by atoms with Gasteiger partial charge in [-0.3, -0.25) is 0 Å². The highest BCUT2D eigenvalue weighted by Gasteiger charge is 2.18. The molecule has 1 unspecified atom stereocenters. The number of aryl methyl sites for hydroxylation is 1. The van der Waals surface area contributed by atoms with E-state index in [4.69, 9.17) is 5.73 Å². The van der Waals surface area contributed by atoms with Crippen molar-refractivity contribution in [2.24, 2.45) is 0 Å². The minimum absolute atomic E-state index is 0.169. The molecule has 0 aliphatic rings. The third-order valence-electron chi connectivity index (χ3n) is 3.04. The lowest BCUT2D eigenvalue weighted by molar-refractivity contribution is 0.560. The predicted molar refractivity (Wildman–Crippen MR) is 83.4 cm³/mol. The highest BCUT2D eigenvalue weighted by Crippen LogP contribution is 2.18. The van der Waals surface area contributed by atoms with Crippen LogP contribution in [0.2, 0.25) is 0 Å². The van der Waals surface area contributed by atoms with Gasteiger partial charge in [-0.05, 0) is 60.4 Å². The maximum atomic E-state index is 12.3. The van der Waals surface area contributed by atoms with Crippen LogP contribution in [0.5, 0.6) is 0 Å². The van der Waals surface area contributed by atoms with E-state index >= 15 is 0 Å². The first-order chi connectivity index (χ1) is 9.38. The summed E-state index contributed by atoms with van der Waals surface area (Å²) in [4.78, 5) is 0.206. The average molecular weight is 310 g/mol. The average Bonchev–Trinajstić information content (AvgIpc) is 2.84. The topological polar surface area (TPSA) is 72.2 Å². The van der Waals surface area contributed by atoms with Crippen LogP contribution in [-0.4, -0.2) is 14.5 Å². The van der Waals surface area contributed by atoms with Crippen molar-refractivity contribution in [2.45, 2.75) is 31.2 Å². The highest BCUT2D eigenvalue weighted by atomic mass is 32.2. The lowest BCUT2D eigenvalue weighted by atomic mass is 10.1. The number of thiophene rings is 1. The van der Waals surface area contributed by atoms with E-state index in [2.05, 4.69) is 4.72 Å². The Kier molecular flexibility index (Phi) is 4.47. The zero-order valence-corrected chi connectivity index (χ0v) is 13.1. The summed E-state index contributed by atoms with van der Waals surface area (Å²) in [7, 11) is -3.53. The van der Waals surface area contributed by atoms with Gasteiger partial charge in [-0.25, -0.2) is 13.1 Å². The summed E-state index contributed by atoms with van der Waals surface area (Å²) in [6.45, 7) is 3.70. The SMILES string of the molecule is Cc1ccc(S(=O)(=O)NC(C)Cc2ccsc2)cc1N. The second kappa shape index (κ2) is 5.95. The molecule has 0 fully saturated rings. The summed E-state index contributed by atoms with van der Waals surface area (Å²) >= 11 is 1.61. The summed E-state index contributed by atoms with van der Waals surface area (Å²) in [5, 5.41) is 4.01. The number of nitrogen functional groups attached to an aromatic ring is 1. The molecule has 4 nitrogen and oxygen atoms in total. The molecule has 1 heterocycles. The van der Waals surface area contributed by atoms with Crippen molar-refractivity contribution in [1.82, 2.24) is 4.72 Å². The van der Waals surface area contributed by atoms with E-state index in [0.29, 0.717) is 12.1 Å². The zero-order valence-electron chi connectivity index (χ0n) is 11.5. The lowest BCUT2D eigenvalue weighted by Gasteiger charge is -2.14. The first-order valence-corrected chi connectivity index (χ1v) is 8.70. The van der Waals surface area contributed by atoms with Gasteiger partial charge in [0.1, 0.15) is 0 Å². The third-order valence-corrected chi connectivity index (χ3v) is 5.36. The number of benzene rings is 1. The van der Waals surface area contributed by atoms with Crippen LogP contribution in [0.1, 0.15) is 18.1 Å². The first-order valence-electron chi connectivity index (χ1n) is 6.28. The summed E-state index contributed by atoms with van der Waals surface area (Å²) in [6, 6.07) is 6.62. The smallest absolute Gasteiger partial charge is 0.240 e. The summed E-state index contributed by atoms with van der Waals surface area (Å²) in [5.41, 5.74) is 8.26. The Morgan fingerprint density at radius 1 is 1.35 bits per heavy atom. The van der Waals surface area contributed by atoms with Gasteiger partial charge in [0, 0.05) is 11.7 Å². The fourth-order valence-electron chi connectivity index (χ4n) is 1.92. The van der Waals surface area contributed by atoms with Crippen molar-refractivity contribution in [1.29, 1.82) is 0 Å². The lowest BCUT2D eigenvalue weighted by Crippen LogP contribution is -2.34. The van der Waals surface area contributed by atoms with Gasteiger partial charge < -0.3 is 5.73 Å². The zero-order chi connectivity index (χ0) is 14.8. The molecule has 3 N–H and O–H groups in total. The molecule has 0 saturated carbocycles. The summed E-state index contributed by atoms with van der Waals surface area (Å²) in [6.07, 6.45) is 0.671. The second-order valence-electron chi connectivity index (χ2n) is 4.88. The number of nitrogens with two attached hydrogens (primary N) is 1. The van der Waals surface area contributed by atoms with Crippen LogP contribution in [0.4, 0.5) is 5.69 Å².